The van der Waals surface area contributed by atoms with Gasteiger partial charge in [-0.3, -0.25) is 4.79 Å². The van der Waals surface area contributed by atoms with Gasteiger partial charge in [0.15, 0.2) is 0 Å². The zero-order valence-electron chi connectivity index (χ0n) is 11.3. The number of morpholine rings is 1. The maximum Gasteiger partial charge on any atom is 0.336 e. The molecule has 1 fully saturated rings. The van der Waals surface area contributed by atoms with Gasteiger partial charge >= 0.3 is 5.97 Å². The summed E-state index contributed by atoms with van der Waals surface area (Å²) in [5.74, 6) is -1.50. The van der Waals surface area contributed by atoms with Gasteiger partial charge in [0.2, 0.25) is 0 Å². The Morgan fingerprint density at radius 1 is 1.40 bits per heavy atom. The lowest BCUT2D eigenvalue weighted by atomic mass is 10.1. The van der Waals surface area contributed by atoms with Gasteiger partial charge in [-0.2, -0.15) is 0 Å². The van der Waals surface area contributed by atoms with Crippen molar-refractivity contribution in [3.63, 3.8) is 0 Å². The van der Waals surface area contributed by atoms with E-state index in [9.17, 15) is 9.59 Å². The highest BCUT2D eigenvalue weighted by Gasteiger charge is 2.20. The number of hydrogen-bond acceptors (Lipinski definition) is 4. The monoisotopic (exact) mass is 278 g/mol. The van der Waals surface area contributed by atoms with Crippen LogP contribution in [0.2, 0.25) is 0 Å². The molecule has 0 saturated carbocycles. The Hall–Kier alpha value is -1.92. The van der Waals surface area contributed by atoms with Crippen LogP contribution in [0.1, 0.15) is 20.7 Å². The Morgan fingerprint density at radius 3 is 2.75 bits per heavy atom. The normalized spacial score (nSPS) is 19.6. The topological polar surface area (TPSA) is 78.9 Å². The van der Waals surface area contributed by atoms with Gasteiger partial charge in [-0.1, -0.05) is 12.1 Å². The van der Waals surface area contributed by atoms with Crippen molar-refractivity contribution in [1.82, 2.24) is 10.2 Å². The molecule has 2 rings (SSSR count). The van der Waals surface area contributed by atoms with Gasteiger partial charge in [0, 0.05) is 19.6 Å². The van der Waals surface area contributed by atoms with E-state index in [0.717, 1.165) is 13.1 Å². The zero-order chi connectivity index (χ0) is 14.5. The Morgan fingerprint density at radius 2 is 2.10 bits per heavy atom. The second-order valence-corrected chi connectivity index (χ2v) is 4.82. The quantitative estimate of drug-likeness (QED) is 0.836. The Labute approximate surface area is 117 Å². The standard InChI is InChI=1S/C14H18N2O4/c1-16-6-7-20-10(9-16)8-15-13(17)11-4-2-3-5-12(11)14(18)19/h2-5,10H,6-9H2,1H3,(H,15,17)(H,18,19). The molecule has 0 bridgehead atoms. The number of aromatic carboxylic acids is 1. The minimum Gasteiger partial charge on any atom is -0.478 e. The van der Waals surface area contributed by atoms with Crippen molar-refractivity contribution in [2.45, 2.75) is 6.10 Å². The van der Waals surface area contributed by atoms with Crippen molar-refractivity contribution >= 4 is 11.9 Å². The molecule has 0 aliphatic carbocycles. The molecule has 6 nitrogen and oxygen atoms in total. The predicted molar refractivity (Wildman–Crippen MR) is 73.0 cm³/mol. The zero-order valence-corrected chi connectivity index (χ0v) is 11.3. The first-order chi connectivity index (χ1) is 9.58. The van der Waals surface area contributed by atoms with E-state index in [1.807, 2.05) is 7.05 Å². The van der Waals surface area contributed by atoms with Gasteiger partial charge in [-0.25, -0.2) is 4.79 Å². The summed E-state index contributed by atoms with van der Waals surface area (Å²) >= 11 is 0. The maximum absolute atomic E-state index is 12.1. The fourth-order valence-electron chi connectivity index (χ4n) is 2.16. The summed E-state index contributed by atoms with van der Waals surface area (Å²) < 4.78 is 5.54. The van der Waals surface area contributed by atoms with E-state index >= 15 is 0 Å². The number of carbonyl (C=O) groups excluding carboxylic acids is 1. The van der Waals surface area contributed by atoms with Gasteiger partial charge < -0.3 is 20.1 Å². The first-order valence-corrected chi connectivity index (χ1v) is 6.48. The number of likely N-dealkylation sites (N-methyl/N-ethyl adjacent to an activating group) is 1. The highest BCUT2D eigenvalue weighted by molar-refractivity contribution is 6.04. The lowest BCUT2D eigenvalue weighted by molar-refractivity contribution is -0.0175. The number of nitrogens with one attached hydrogen (secondary N) is 1. The third-order valence-corrected chi connectivity index (χ3v) is 3.23. The minimum absolute atomic E-state index is 0.00619. The molecule has 1 unspecified atom stereocenters. The van der Waals surface area contributed by atoms with Gasteiger partial charge in [0.1, 0.15) is 0 Å². The van der Waals surface area contributed by atoms with Crippen molar-refractivity contribution in [1.29, 1.82) is 0 Å². The third-order valence-electron chi connectivity index (χ3n) is 3.23. The summed E-state index contributed by atoms with van der Waals surface area (Å²) in [6.07, 6.45) is -0.0605. The average molecular weight is 278 g/mol. The number of carboxylic acids is 1. The molecular formula is C14H18N2O4. The lowest BCUT2D eigenvalue weighted by Crippen LogP contribution is -2.46. The van der Waals surface area contributed by atoms with E-state index in [4.69, 9.17) is 9.84 Å². The highest BCUT2D eigenvalue weighted by atomic mass is 16.5. The number of ether oxygens (including phenoxy) is 1. The molecule has 108 valence electrons. The van der Waals surface area contributed by atoms with Crippen molar-refractivity contribution in [3.8, 4) is 0 Å². The second-order valence-electron chi connectivity index (χ2n) is 4.82. The average Bonchev–Trinajstić information content (AvgIpc) is 2.45. The molecule has 1 aliphatic heterocycles. The number of amides is 1. The Bertz CT molecular complexity index is 504. The first kappa shape index (κ1) is 14.5. The fraction of sp³-hybridized carbons (Fsp3) is 0.429. The summed E-state index contributed by atoms with van der Waals surface area (Å²) in [5, 5.41) is 11.8. The molecule has 1 aromatic carbocycles. The summed E-state index contributed by atoms with van der Waals surface area (Å²) in [4.78, 5) is 25.2. The summed E-state index contributed by atoms with van der Waals surface area (Å²) in [6.45, 7) is 2.65. The number of nitrogens with zero attached hydrogens (tertiary/aromatic N) is 1. The van der Waals surface area contributed by atoms with Crippen LogP contribution in [0.5, 0.6) is 0 Å². The van der Waals surface area contributed by atoms with Crippen LogP contribution < -0.4 is 5.32 Å². The van der Waals surface area contributed by atoms with E-state index < -0.39 is 5.97 Å². The molecule has 1 amide bonds. The van der Waals surface area contributed by atoms with Crippen LogP contribution >= 0.6 is 0 Å². The van der Waals surface area contributed by atoms with Crippen molar-refractivity contribution in [3.05, 3.63) is 35.4 Å². The van der Waals surface area contributed by atoms with Crippen LogP contribution in [-0.4, -0.2) is 61.3 Å². The molecule has 1 saturated heterocycles. The predicted octanol–water partition coefficient (Wildman–Crippen LogP) is 0.445. The summed E-state index contributed by atoms with van der Waals surface area (Å²) in [6, 6.07) is 6.17. The minimum atomic E-state index is -1.11. The fourth-order valence-corrected chi connectivity index (χ4v) is 2.16. The molecule has 0 radical (unpaired) electrons. The molecule has 0 aromatic heterocycles. The van der Waals surface area contributed by atoms with E-state index in [-0.39, 0.29) is 23.1 Å². The van der Waals surface area contributed by atoms with Crippen LogP contribution in [0, 0.1) is 0 Å². The first-order valence-electron chi connectivity index (χ1n) is 6.48. The van der Waals surface area contributed by atoms with E-state index in [2.05, 4.69) is 10.2 Å². The Balaban J connectivity index is 1.97. The SMILES string of the molecule is CN1CCOC(CNC(=O)c2ccccc2C(=O)O)C1. The number of carbonyl (C=O) groups is 2. The van der Waals surface area contributed by atoms with Crippen molar-refractivity contribution in [2.75, 3.05) is 33.3 Å². The van der Waals surface area contributed by atoms with E-state index in [1.54, 1.807) is 12.1 Å². The maximum atomic E-state index is 12.1. The van der Waals surface area contributed by atoms with Gasteiger partial charge in [-0.15, -0.1) is 0 Å². The molecule has 1 heterocycles. The van der Waals surface area contributed by atoms with Crippen LogP contribution in [0.3, 0.4) is 0 Å². The molecule has 2 N–H and O–H groups in total. The molecule has 6 heteroatoms. The molecule has 1 atom stereocenters. The largest absolute Gasteiger partial charge is 0.478 e. The second kappa shape index (κ2) is 6.49. The van der Waals surface area contributed by atoms with Crippen LogP contribution in [-0.2, 0) is 4.74 Å². The van der Waals surface area contributed by atoms with E-state index in [1.165, 1.54) is 12.1 Å². The van der Waals surface area contributed by atoms with Crippen LogP contribution in [0.25, 0.3) is 0 Å². The van der Waals surface area contributed by atoms with Crippen LogP contribution in [0.15, 0.2) is 24.3 Å². The molecule has 1 aliphatic rings. The molecule has 1 aromatic rings. The van der Waals surface area contributed by atoms with E-state index in [0.29, 0.717) is 13.2 Å². The number of benzene rings is 1. The Kier molecular flexibility index (Phi) is 4.70. The third kappa shape index (κ3) is 3.55. The number of rotatable bonds is 4. The molecular weight excluding hydrogens is 260 g/mol. The summed E-state index contributed by atoms with van der Waals surface area (Å²) in [7, 11) is 2.00. The summed E-state index contributed by atoms with van der Waals surface area (Å²) in [5.41, 5.74) is 0.177. The van der Waals surface area contributed by atoms with Crippen molar-refractivity contribution in [2.24, 2.45) is 0 Å². The molecule has 0 spiro atoms. The number of hydrogen-bond donors (Lipinski definition) is 2. The highest BCUT2D eigenvalue weighted by Crippen LogP contribution is 2.09. The smallest absolute Gasteiger partial charge is 0.336 e. The molecule has 20 heavy (non-hydrogen) atoms. The van der Waals surface area contributed by atoms with Gasteiger partial charge in [-0.05, 0) is 19.2 Å². The van der Waals surface area contributed by atoms with Crippen LogP contribution in [0.4, 0.5) is 0 Å². The number of carboxylic acid groups (broad SMARTS) is 1. The van der Waals surface area contributed by atoms with Gasteiger partial charge in [0.05, 0.1) is 23.8 Å². The van der Waals surface area contributed by atoms with Gasteiger partial charge in [0.25, 0.3) is 5.91 Å². The lowest BCUT2D eigenvalue weighted by Gasteiger charge is -2.30. The van der Waals surface area contributed by atoms with Crippen molar-refractivity contribution < 1.29 is 19.4 Å².